The van der Waals surface area contributed by atoms with E-state index in [-0.39, 0.29) is 6.61 Å². The molecule has 0 amide bonds. The molecule has 1 aliphatic rings. The Bertz CT molecular complexity index is 59.5. The van der Waals surface area contributed by atoms with Gasteiger partial charge in [0.1, 0.15) is 0 Å². The quantitative estimate of drug-likeness (QED) is 0.527. The van der Waals surface area contributed by atoms with Crippen LogP contribution in [0.25, 0.3) is 0 Å². The molecule has 47 valence electrons. The van der Waals surface area contributed by atoms with Crippen LogP contribution in [0.2, 0.25) is 0 Å². The molecule has 0 saturated carbocycles. The zero-order valence-electron chi connectivity index (χ0n) is 4.93. The van der Waals surface area contributed by atoms with Crippen LogP contribution in [0.5, 0.6) is 0 Å². The van der Waals surface area contributed by atoms with Crippen LogP contribution in [0.1, 0.15) is 12.8 Å². The maximum Gasteiger partial charge on any atom is 0.0478 e. The summed E-state index contributed by atoms with van der Waals surface area (Å²) in [6.07, 6.45) is 4.36. The highest BCUT2D eigenvalue weighted by Gasteiger charge is 2.11. The van der Waals surface area contributed by atoms with Crippen LogP contribution in [0.3, 0.4) is 0 Å². The van der Waals surface area contributed by atoms with Gasteiger partial charge in [0.25, 0.3) is 0 Å². The summed E-state index contributed by atoms with van der Waals surface area (Å²) in [6.45, 7) is 1.32. The molecule has 8 heavy (non-hydrogen) atoms. The van der Waals surface area contributed by atoms with Gasteiger partial charge in [0.2, 0.25) is 0 Å². The lowest BCUT2D eigenvalue weighted by Gasteiger charge is -2.04. The molecule has 1 atom stereocenters. The molecule has 2 heteroatoms. The molecule has 0 aromatic rings. The Morgan fingerprint density at radius 2 is 2.62 bits per heavy atom. The summed E-state index contributed by atoms with van der Waals surface area (Å²) in [5.74, 6) is 0. The first-order valence-electron chi connectivity index (χ1n) is 3.11. The van der Waals surface area contributed by atoms with E-state index in [4.69, 9.17) is 5.11 Å². The van der Waals surface area contributed by atoms with Crippen LogP contribution in [-0.2, 0) is 0 Å². The minimum atomic E-state index is 0.206. The average molecular weight is 114 g/mol. The molecular formula is C6H12NO. The second kappa shape index (κ2) is 3.05. The molecule has 1 rings (SSSR count). The van der Waals surface area contributed by atoms with Crippen LogP contribution < -0.4 is 5.32 Å². The number of nitrogens with one attached hydrogen (secondary N) is 1. The zero-order valence-corrected chi connectivity index (χ0v) is 4.93. The molecule has 1 heterocycles. The topological polar surface area (TPSA) is 32.3 Å². The summed E-state index contributed by atoms with van der Waals surface area (Å²) < 4.78 is 0. The number of aliphatic hydroxyl groups is 1. The van der Waals surface area contributed by atoms with E-state index in [0.29, 0.717) is 6.04 Å². The van der Waals surface area contributed by atoms with Crippen molar-refractivity contribution < 1.29 is 5.11 Å². The van der Waals surface area contributed by atoms with Crippen molar-refractivity contribution >= 4 is 0 Å². The first kappa shape index (κ1) is 6.05. The predicted molar refractivity (Wildman–Crippen MR) is 32.4 cm³/mol. The van der Waals surface area contributed by atoms with E-state index >= 15 is 0 Å². The molecule has 1 fully saturated rings. The second-order valence-corrected chi connectivity index (χ2v) is 2.12. The summed E-state index contributed by atoms with van der Waals surface area (Å²) in [5, 5.41) is 11.7. The van der Waals surface area contributed by atoms with Crippen molar-refractivity contribution in [3.8, 4) is 0 Å². The van der Waals surface area contributed by atoms with E-state index in [1.165, 1.54) is 12.8 Å². The summed E-state index contributed by atoms with van der Waals surface area (Å²) in [5.41, 5.74) is 0. The number of rotatable bonds is 2. The fourth-order valence-corrected chi connectivity index (χ4v) is 1.04. The highest BCUT2D eigenvalue weighted by molar-refractivity contribution is 4.86. The maximum atomic E-state index is 8.43. The molecule has 1 aliphatic heterocycles. The van der Waals surface area contributed by atoms with Crippen molar-refractivity contribution in [1.82, 2.24) is 5.32 Å². The molecule has 2 nitrogen and oxygen atoms in total. The molecule has 2 N–H and O–H groups in total. The van der Waals surface area contributed by atoms with E-state index in [2.05, 4.69) is 5.32 Å². The third-order valence-corrected chi connectivity index (χ3v) is 1.49. The summed E-state index contributed by atoms with van der Waals surface area (Å²) in [6, 6.07) is 0.486. The minimum absolute atomic E-state index is 0.206. The van der Waals surface area contributed by atoms with Gasteiger partial charge in [-0.1, -0.05) is 0 Å². The minimum Gasteiger partial charge on any atom is -0.396 e. The lowest BCUT2D eigenvalue weighted by molar-refractivity contribution is 0.316. The summed E-state index contributed by atoms with van der Waals surface area (Å²) in [7, 11) is 0. The zero-order chi connectivity index (χ0) is 5.82. The lowest BCUT2D eigenvalue weighted by Crippen LogP contribution is -2.22. The summed E-state index contributed by atoms with van der Waals surface area (Å²) >= 11 is 0. The first-order chi connectivity index (χ1) is 3.93. The number of hydrogen-bond acceptors (Lipinski definition) is 2. The van der Waals surface area contributed by atoms with E-state index in [1.54, 1.807) is 0 Å². The van der Waals surface area contributed by atoms with E-state index in [1.807, 2.05) is 6.42 Å². The van der Waals surface area contributed by atoms with Crippen molar-refractivity contribution in [2.24, 2.45) is 0 Å². The Balaban J connectivity index is 2.06. The SMILES string of the molecule is OC[CH]C1CCCN1. The Morgan fingerprint density at radius 3 is 3.12 bits per heavy atom. The smallest absolute Gasteiger partial charge is 0.0478 e. The largest absolute Gasteiger partial charge is 0.396 e. The molecule has 0 aromatic carbocycles. The molecule has 0 aromatic heterocycles. The van der Waals surface area contributed by atoms with Gasteiger partial charge in [-0.15, -0.1) is 0 Å². The lowest BCUT2D eigenvalue weighted by atomic mass is 10.2. The fourth-order valence-electron chi connectivity index (χ4n) is 1.04. The van der Waals surface area contributed by atoms with Gasteiger partial charge in [-0.3, -0.25) is 0 Å². The van der Waals surface area contributed by atoms with Gasteiger partial charge in [-0.2, -0.15) is 0 Å². The first-order valence-corrected chi connectivity index (χ1v) is 3.11. The second-order valence-electron chi connectivity index (χ2n) is 2.12. The maximum absolute atomic E-state index is 8.43. The highest BCUT2D eigenvalue weighted by atomic mass is 16.3. The van der Waals surface area contributed by atoms with Gasteiger partial charge in [-0.05, 0) is 19.4 Å². The van der Waals surface area contributed by atoms with Crippen LogP contribution >= 0.6 is 0 Å². The van der Waals surface area contributed by atoms with E-state index < -0.39 is 0 Å². The monoisotopic (exact) mass is 114 g/mol. The van der Waals surface area contributed by atoms with Crippen LogP contribution in [0, 0.1) is 6.42 Å². The van der Waals surface area contributed by atoms with Gasteiger partial charge in [-0.25, -0.2) is 0 Å². The molecule has 1 radical (unpaired) electrons. The highest BCUT2D eigenvalue weighted by Crippen LogP contribution is 2.06. The normalized spacial score (nSPS) is 28.9. The molecule has 1 unspecified atom stereocenters. The molecule has 0 aliphatic carbocycles. The van der Waals surface area contributed by atoms with Crippen molar-refractivity contribution in [1.29, 1.82) is 0 Å². The van der Waals surface area contributed by atoms with Crippen molar-refractivity contribution in [2.75, 3.05) is 13.2 Å². The van der Waals surface area contributed by atoms with Crippen LogP contribution in [0.4, 0.5) is 0 Å². The van der Waals surface area contributed by atoms with Gasteiger partial charge >= 0.3 is 0 Å². The van der Waals surface area contributed by atoms with Gasteiger partial charge in [0, 0.05) is 19.1 Å². The molecular weight excluding hydrogens is 102 g/mol. The Kier molecular flexibility index (Phi) is 2.30. The van der Waals surface area contributed by atoms with E-state index in [9.17, 15) is 0 Å². The Labute approximate surface area is 49.9 Å². The fraction of sp³-hybridized carbons (Fsp3) is 0.833. The molecule has 0 spiro atoms. The standard InChI is InChI=1S/C6H12NO/c8-5-3-6-2-1-4-7-6/h3,6-8H,1-2,4-5H2. The van der Waals surface area contributed by atoms with Crippen molar-refractivity contribution in [3.63, 3.8) is 0 Å². The summed E-state index contributed by atoms with van der Waals surface area (Å²) in [4.78, 5) is 0. The third kappa shape index (κ3) is 1.46. The predicted octanol–water partition coefficient (Wildman–Crippen LogP) is -0.0650. The third-order valence-electron chi connectivity index (χ3n) is 1.49. The van der Waals surface area contributed by atoms with Crippen LogP contribution in [-0.4, -0.2) is 24.3 Å². The van der Waals surface area contributed by atoms with Gasteiger partial charge < -0.3 is 10.4 Å². The van der Waals surface area contributed by atoms with Gasteiger partial charge in [0.15, 0.2) is 0 Å². The van der Waals surface area contributed by atoms with Crippen molar-refractivity contribution in [3.05, 3.63) is 6.42 Å². The van der Waals surface area contributed by atoms with Crippen molar-refractivity contribution in [2.45, 2.75) is 18.9 Å². The van der Waals surface area contributed by atoms with E-state index in [0.717, 1.165) is 6.54 Å². The number of aliphatic hydroxyl groups excluding tert-OH is 1. The number of hydrogen-bond donors (Lipinski definition) is 2. The van der Waals surface area contributed by atoms with Crippen LogP contribution in [0.15, 0.2) is 0 Å². The average Bonchev–Trinajstić information content (AvgIpc) is 2.19. The Hall–Kier alpha value is -0.0800. The Morgan fingerprint density at radius 1 is 1.75 bits per heavy atom. The molecule has 0 bridgehead atoms. The van der Waals surface area contributed by atoms with Gasteiger partial charge in [0.05, 0.1) is 0 Å². The molecule has 1 saturated heterocycles.